The van der Waals surface area contributed by atoms with Gasteiger partial charge >= 0.3 is 41.7 Å². The minimum absolute atomic E-state index is 0.0664. The van der Waals surface area contributed by atoms with Gasteiger partial charge in [-0.25, -0.2) is 0 Å². The minimum Gasteiger partial charge on any atom is -0.377 e. The topological polar surface area (TPSA) is 9.23 Å². The number of methoxy groups -OCH3 is 1. The van der Waals surface area contributed by atoms with E-state index in [4.69, 9.17) is 0 Å². The zero-order valence-corrected chi connectivity index (χ0v) is 18.5. The predicted octanol–water partition coefficient (Wildman–Crippen LogP) is 8.65. The van der Waals surface area contributed by atoms with Crippen molar-refractivity contribution in [3.05, 3.63) is 35.4 Å². The average molecular weight is 560 g/mol. The largest absolute Gasteiger partial charge is 0.460 e. The molecule has 2 atom stereocenters. The van der Waals surface area contributed by atoms with E-state index in [9.17, 15) is 65.9 Å². The van der Waals surface area contributed by atoms with Gasteiger partial charge in [0.2, 0.25) is 0 Å². The summed E-state index contributed by atoms with van der Waals surface area (Å²) in [5.74, 6) is -46.6. The van der Waals surface area contributed by atoms with E-state index >= 15 is 0 Å². The summed E-state index contributed by atoms with van der Waals surface area (Å²) in [7, 11) is 0.617. The molecular formula is C20H19F15O. The lowest BCUT2D eigenvalue weighted by molar-refractivity contribution is -0.453. The van der Waals surface area contributed by atoms with Crippen molar-refractivity contribution in [3.63, 3.8) is 0 Å². The van der Waals surface area contributed by atoms with E-state index in [1.807, 2.05) is 0 Å². The van der Waals surface area contributed by atoms with Crippen LogP contribution in [0.3, 0.4) is 0 Å². The highest BCUT2D eigenvalue weighted by Crippen LogP contribution is 2.63. The van der Waals surface area contributed by atoms with Gasteiger partial charge in [-0.1, -0.05) is 38.1 Å². The van der Waals surface area contributed by atoms with Crippen molar-refractivity contribution in [2.75, 3.05) is 7.11 Å². The van der Waals surface area contributed by atoms with E-state index < -0.39 is 54.2 Å². The van der Waals surface area contributed by atoms with Gasteiger partial charge in [0.05, 0.1) is 6.10 Å². The fourth-order valence-corrected chi connectivity index (χ4v) is 2.97. The Morgan fingerprint density at radius 1 is 0.611 bits per heavy atom. The summed E-state index contributed by atoms with van der Waals surface area (Å²) in [5, 5.41) is 0. The van der Waals surface area contributed by atoms with E-state index in [0.29, 0.717) is 19.1 Å². The van der Waals surface area contributed by atoms with E-state index in [1.165, 1.54) is 12.1 Å². The molecule has 0 fully saturated rings. The molecule has 0 bridgehead atoms. The smallest absolute Gasteiger partial charge is 0.377 e. The van der Waals surface area contributed by atoms with Crippen LogP contribution in [0, 0.1) is 0 Å². The lowest BCUT2D eigenvalue weighted by Gasteiger charge is -2.42. The van der Waals surface area contributed by atoms with Crippen molar-refractivity contribution in [1.29, 1.82) is 0 Å². The van der Waals surface area contributed by atoms with Crippen LogP contribution in [0.5, 0.6) is 0 Å². The summed E-state index contributed by atoms with van der Waals surface area (Å²) in [6, 6.07) is 4.70. The van der Waals surface area contributed by atoms with Gasteiger partial charge in [-0.2, -0.15) is 65.9 Å². The van der Waals surface area contributed by atoms with E-state index in [-0.39, 0.29) is 11.5 Å². The maximum Gasteiger partial charge on any atom is 0.460 e. The molecule has 1 rings (SSSR count). The first-order chi connectivity index (χ1) is 15.9. The van der Waals surface area contributed by atoms with Gasteiger partial charge in [0.15, 0.2) is 0 Å². The lowest BCUT2D eigenvalue weighted by Crippen LogP contribution is -2.72. The van der Waals surface area contributed by atoms with Gasteiger partial charge in [-0.15, -0.1) is 0 Å². The molecule has 2 unspecified atom stereocenters. The molecule has 0 heterocycles. The summed E-state index contributed by atoms with van der Waals surface area (Å²) in [6.45, 7) is 3.53. The quantitative estimate of drug-likeness (QED) is 0.246. The Labute approximate surface area is 194 Å². The number of rotatable bonds is 11. The predicted molar refractivity (Wildman–Crippen MR) is 95.3 cm³/mol. The molecule has 0 saturated carbocycles. The number of benzene rings is 1. The highest BCUT2D eigenvalue weighted by Gasteiger charge is 2.93. The van der Waals surface area contributed by atoms with Crippen LogP contribution >= 0.6 is 0 Å². The minimum atomic E-state index is -8.30. The monoisotopic (exact) mass is 560 g/mol. The number of alkyl halides is 15. The molecule has 210 valence electrons. The summed E-state index contributed by atoms with van der Waals surface area (Å²) < 4.78 is 205. The maximum absolute atomic E-state index is 14.2. The third-order valence-corrected chi connectivity index (χ3v) is 5.61. The Balaban J connectivity index is 3.44. The average Bonchev–Trinajstić information content (AvgIpc) is 2.75. The second-order valence-electron chi connectivity index (χ2n) is 7.98. The van der Waals surface area contributed by atoms with E-state index in [0.717, 1.165) is 12.1 Å². The highest BCUT2D eigenvalue weighted by atomic mass is 19.4. The van der Waals surface area contributed by atoms with Crippen LogP contribution < -0.4 is 0 Å². The fraction of sp³-hybridized carbons (Fsp3) is 0.700. The highest BCUT2D eigenvalue weighted by molar-refractivity contribution is 5.27. The molecule has 0 radical (unpaired) electrons. The summed E-state index contributed by atoms with van der Waals surface area (Å²) in [5.41, 5.74) is 0.247. The number of halogens is 15. The van der Waals surface area contributed by atoms with E-state index in [1.54, 1.807) is 13.8 Å². The van der Waals surface area contributed by atoms with Crippen LogP contribution in [-0.4, -0.2) is 48.8 Å². The third-order valence-electron chi connectivity index (χ3n) is 5.61. The second kappa shape index (κ2) is 9.78. The van der Waals surface area contributed by atoms with Crippen LogP contribution in [0.1, 0.15) is 49.8 Å². The van der Waals surface area contributed by atoms with Crippen LogP contribution in [0.15, 0.2) is 24.3 Å². The standard InChI is InChI=1S/C20H19F15O/c1-4-10(2)11-5-7-12(8-6-11)13(36-3)9-14(21,22)15(23,24)16(25,26)17(27,28)18(29,30)19(31,32)20(33,34)35/h5-8,10,13H,4,9H2,1-3H3. The second-order valence-corrected chi connectivity index (χ2v) is 7.98. The van der Waals surface area contributed by atoms with Crippen LogP contribution in [0.25, 0.3) is 0 Å². The Morgan fingerprint density at radius 2 is 0.972 bits per heavy atom. The molecule has 16 heteroatoms. The van der Waals surface area contributed by atoms with E-state index in [2.05, 4.69) is 4.74 Å². The first kappa shape index (κ1) is 32.2. The van der Waals surface area contributed by atoms with Crippen molar-refractivity contribution >= 4 is 0 Å². The van der Waals surface area contributed by atoms with Gasteiger partial charge < -0.3 is 4.74 Å². The molecule has 0 N–H and O–H groups in total. The molecular weight excluding hydrogens is 541 g/mol. The number of hydrogen-bond donors (Lipinski definition) is 0. The van der Waals surface area contributed by atoms with Crippen molar-refractivity contribution < 1.29 is 70.6 Å². The van der Waals surface area contributed by atoms with Crippen LogP contribution in [0.4, 0.5) is 65.9 Å². The Bertz CT molecular complexity index is 874. The van der Waals surface area contributed by atoms with Crippen molar-refractivity contribution in [3.8, 4) is 0 Å². The lowest BCUT2D eigenvalue weighted by atomic mass is 9.88. The van der Waals surface area contributed by atoms with Crippen molar-refractivity contribution in [2.45, 2.75) is 80.4 Å². The van der Waals surface area contributed by atoms with Gasteiger partial charge in [-0.3, -0.25) is 0 Å². The zero-order chi connectivity index (χ0) is 28.8. The molecule has 0 amide bonds. The molecule has 0 spiro atoms. The third kappa shape index (κ3) is 4.97. The zero-order valence-electron chi connectivity index (χ0n) is 18.5. The molecule has 0 aliphatic carbocycles. The summed E-state index contributed by atoms with van der Waals surface area (Å²) >= 11 is 0. The molecule has 1 aromatic carbocycles. The van der Waals surface area contributed by atoms with Crippen LogP contribution in [0.2, 0.25) is 0 Å². The summed E-state index contributed by atoms with van der Waals surface area (Å²) in [4.78, 5) is 0. The van der Waals surface area contributed by atoms with Gasteiger partial charge in [0.1, 0.15) is 0 Å². The van der Waals surface area contributed by atoms with Crippen molar-refractivity contribution in [1.82, 2.24) is 0 Å². The number of hydrogen-bond acceptors (Lipinski definition) is 1. The molecule has 1 aromatic rings. The first-order valence-electron chi connectivity index (χ1n) is 9.83. The van der Waals surface area contributed by atoms with Gasteiger partial charge in [0.25, 0.3) is 0 Å². The first-order valence-corrected chi connectivity index (χ1v) is 9.83. The fourth-order valence-electron chi connectivity index (χ4n) is 2.97. The SMILES string of the molecule is CCC(C)c1ccc(C(CC(F)(F)C(F)(F)C(F)(F)C(F)(F)C(F)(F)C(F)(F)C(F)(F)F)OC)cc1. The molecule has 0 aliphatic heterocycles. The molecule has 0 saturated heterocycles. The molecule has 1 nitrogen and oxygen atoms in total. The van der Waals surface area contributed by atoms with Crippen molar-refractivity contribution in [2.24, 2.45) is 0 Å². The Hall–Kier alpha value is -1.87. The molecule has 36 heavy (non-hydrogen) atoms. The maximum atomic E-state index is 14.2. The van der Waals surface area contributed by atoms with Gasteiger partial charge in [0, 0.05) is 13.5 Å². The summed E-state index contributed by atoms with van der Waals surface area (Å²) in [6.07, 6.45) is -11.8. The molecule has 0 aromatic heterocycles. The van der Waals surface area contributed by atoms with Crippen LogP contribution in [-0.2, 0) is 4.74 Å². The Morgan fingerprint density at radius 3 is 1.33 bits per heavy atom. The molecule has 0 aliphatic rings. The number of ether oxygens (including phenoxy) is 1. The Kier molecular flexibility index (Phi) is 8.74. The normalized spacial score (nSPS) is 16.7. The van der Waals surface area contributed by atoms with Gasteiger partial charge in [-0.05, 0) is 23.5 Å².